The normalized spacial score (nSPS) is 14.7. The van der Waals surface area contributed by atoms with Crippen LogP contribution in [0.1, 0.15) is 26.5 Å². The summed E-state index contributed by atoms with van der Waals surface area (Å²) in [4.78, 5) is 17.8. The van der Waals surface area contributed by atoms with Gasteiger partial charge in [0.1, 0.15) is 0 Å². The van der Waals surface area contributed by atoms with E-state index in [1.54, 1.807) is 35.7 Å². The molecule has 2 aromatic heterocycles. The first-order valence-corrected chi connectivity index (χ1v) is 11.5. The van der Waals surface area contributed by atoms with Gasteiger partial charge in [0.2, 0.25) is 10.0 Å². The van der Waals surface area contributed by atoms with E-state index in [1.807, 2.05) is 12.3 Å². The molecule has 3 aromatic rings. The molecule has 0 atom stereocenters. The van der Waals surface area contributed by atoms with Gasteiger partial charge in [-0.05, 0) is 30.5 Å². The number of carbonyl (C=O) groups excluding carboxylic acids is 1. The number of thiazole rings is 1. The average molecular weight is 420 g/mol. The summed E-state index contributed by atoms with van der Waals surface area (Å²) in [5, 5.41) is 6.92. The molecule has 0 radical (unpaired) electrons. The van der Waals surface area contributed by atoms with Crippen molar-refractivity contribution < 1.29 is 13.2 Å². The molecular formula is C18H17N3O3S3. The Morgan fingerprint density at radius 2 is 2.00 bits per heavy atom. The number of fused-ring (bicyclic) bond motifs is 1. The van der Waals surface area contributed by atoms with E-state index >= 15 is 0 Å². The summed E-state index contributed by atoms with van der Waals surface area (Å²) in [7, 11) is -3.54. The highest BCUT2D eigenvalue weighted by atomic mass is 32.2. The maximum absolute atomic E-state index is 12.9. The highest BCUT2D eigenvalue weighted by molar-refractivity contribution is 7.89. The Balaban J connectivity index is 1.52. The summed E-state index contributed by atoms with van der Waals surface area (Å²) in [6.45, 7) is 2.58. The Hall–Kier alpha value is -2.07. The molecule has 4 rings (SSSR count). The van der Waals surface area contributed by atoms with Crippen LogP contribution in [0, 0.1) is 6.92 Å². The van der Waals surface area contributed by atoms with Crippen molar-refractivity contribution in [3.63, 3.8) is 0 Å². The Kier molecular flexibility index (Phi) is 4.85. The SMILES string of the molecule is Cc1ccc(S(=O)(=O)N2CCc3nc(NC(=O)c4ccsc4)sc3C2)cc1. The van der Waals surface area contributed by atoms with Crippen LogP contribution in [0.15, 0.2) is 46.0 Å². The standard InChI is InChI=1S/C18H17N3O3S3/c1-12-2-4-14(5-3-12)27(23,24)21-8-6-15-16(10-21)26-18(19-15)20-17(22)13-7-9-25-11-13/h2-5,7,9,11H,6,8,10H2,1H3,(H,19,20,22). The molecule has 1 aromatic carbocycles. The molecule has 1 amide bonds. The van der Waals surface area contributed by atoms with Crippen LogP contribution in [0.2, 0.25) is 0 Å². The minimum atomic E-state index is -3.54. The molecule has 1 aliphatic heterocycles. The number of amides is 1. The summed E-state index contributed by atoms with van der Waals surface area (Å²) in [5.41, 5.74) is 2.47. The molecule has 6 nitrogen and oxygen atoms in total. The fourth-order valence-corrected chi connectivity index (χ4v) is 6.00. The highest BCUT2D eigenvalue weighted by Gasteiger charge is 2.30. The van der Waals surface area contributed by atoms with Gasteiger partial charge >= 0.3 is 0 Å². The molecule has 1 aliphatic rings. The molecule has 0 aliphatic carbocycles. The van der Waals surface area contributed by atoms with Crippen molar-refractivity contribution in [1.29, 1.82) is 0 Å². The van der Waals surface area contributed by atoms with Gasteiger partial charge in [-0.3, -0.25) is 10.1 Å². The molecule has 0 unspecified atom stereocenters. The fraction of sp³-hybridized carbons (Fsp3) is 0.222. The van der Waals surface area contributed by atoms with E-state index in [0.717, 1.165) is 16.1 Å². The molecule has 9 heteroatoms. The first-order valence-electron chi connectivity index (χ1n) is 8.32. The van der Waals surface area contributed by atoms with Gasteiger partial charge in [-0.25, -0.2) is 13.4 Å². The highest BCUT2D eigenvalue weighted by Crippen LogP contribution is 2.31. The van der Waals surface area contributed by atoms with Crippen molar-refractivity contribution in [3.05, 3.63) is 62.8 Å². The third-order valence-corrected chi connectivity index (χ3v) is 7.90. The van der Waals surface area contributed by atoms with Gasteiger partial charge in [0, 0.05) is 23.2 Å². The number of carbonyl (C=O) groups is 1. The summed E-state index contributed by atoms with van der Waals surface area (Å²) in [6, 6.07) is 8.63. The van der Waals surface area contributed by atoms with Crippen molar-refractivity contribution in [2.75, 3.05) is 11.9 Å². The minimum absolute atomic E-state index is 0.202. The third kappa shape index (κ3) is 3.68. The van der Waals surface area contributed by atoms with Crippen LogP contribution in [0.25, 0.3) is 0 Å². The second kappa shape index (κ2) is 7.16. The number of nitrogens with one attached hydrogen (secondary N) is 1. The van der Waals surface area contributed by atoms with Crippen LogP contribution >= 0.6 is 22.7 Å². The Bertz CT molecular complexity index is 1070. The van der Waals surface area contributed by atoms with Crippen LogP contribution < -0.4 is 5.32 Å². The number of sulfonamides is 1. The number of hydrogen-bond donors (Lipinski definition) is 1. The maximum Gasteiger partial charge on any atom is 0.258 e. The van der Waals surface area contributed by atoms with Crippen LogP contribution in [-0.4, -0.2) is 30.2 Å². The van der Waals surface area contributed by atoms with Gasteiger partial charge in [0.15, 0.2) is 5.13 Å². The number of hydrogen-bond acceptors (Lipinski definition) is 6. The number of aromatic nitrogens is 1. The van der Waals surface area contributed by atoms with Crippen molar-refractivity contribution >= 4 is 43.7 Å². The Morgan fingerprint density at radius 1 is 1.22 bits per heavy atom. The number of rotatable bonds is 4. The van der Waals surface area contributed by atoms with E-state index in [4.69, 9.17) is 0 Å². The lowest BCUT2D eigenvalue weighted by Gasteiger charge is -2.25. The summed E-state index contributed by atoms with van der Waals surface area (Å²) in [6.07, 6.45) is 0.533. The van der Waals surface area contributed by atoms with Gasteiger partial charge in [-0.1, -0.05) is 17.7 Å². The quantitative estimate of drug-likeness (QED) is 0.702. The van der Waals surface area contributed by atoms with E-state index in [2.05, 4.69) is 10.3 Å². The van der Waals surface area contributed by atoms with Crippen molar-refractivity contribution in [3.8, 4) is 0 Å². The molecule has 0 saturated heterocycles. The molecule has 0 saturated carbocycles. The Morgan fingerprint density at radius 3 is 2.70 bits per heavy atom. The maximum atomic E-state index is 12.9. The van der Waals surface area contributed by atoms with Crippen molar-refractivity contribution in [2.24, 2.45) is 0 Å². The molecular weight excluding hydrogens is 402 g/mol. The van der Waals surface area contributed by atoms with Crippen LogP contribution in [0.5, 0.6) is 0 Å². The number of benzene rings is 1. The van der Waals surface area contributed by atoms with Gasteiger partial charge in [0.25, 0.3) is 5.91 Å². The van der Waals surface area contributed by atoms with E-state index in [0.29, 0.717) is 28.6 Å². The van der Waals surface area contributed by atoms with Gasteiger partial charge in [0.05, 0.1) is 22.7 Å². The lowest BCUT2D eigenvalue weighted by Crippen LogP contribution is -2.35. The van der Waals surface area contributed by atoms with E-state index < -0.39 is 10.0 Å². The monoisotopic (exact) mass is 419 g/mol. The number of thiophene rings is 1. The number of aryl methyl sites for hydroxylation is 1. The first kappa shape index (κ1) is 18.3. The minimum Gasteiger partial charge on any atom is -0.298 e. The van der Waals surface area contributed by atoms with Gasteiger partial charge in [-0.15, -0.1) is 11.3 Å². The summed E-state index contributed by atoms with van der Waals surface area (Å²) < 4.78 is 27.3. The number of anilines is 1. The largest absolute Gasteiger partial charge is 0.298 e. The zero-order valence-corrected chi connectivity index (χ0v) is 17.0. The molecule has 0 spiro atoms. The fourth-order valence-electron chi connectivity index (χ4n) is 2.85. The smallest absolute Gasteiger partial charge is 0.258 e. The van der Waals surface area contributed by atoms with E-state index in [-0.39, 0.29) is 12.5 Å². The van der Waals surface area contributed by atoms with Gasteiger partial charge in [-0.2, -0.15) is 15.6 Å². The topological polar surface area (TPSA) is 79.4 Å². The molecule has 140 valence electrons. The predicted molar refractivity (Wildman–Crippen MR) is 107 cm³/mol. The Labute approximate surface area is 165 Å². The van der Waals surface area contributed by atoms with Gasteiger partial charge < -0.3 is 0 Å². The molecule has 1 N–H and O–H groups in total. The molecule has 27 heavy (non-hydrogen) atoms. The third-order valence-electron chi connectivity index (χ3n) is 4.36. The van der Waals surface area contributed by atoms with Crippen LogP contribution in [0.3, 0.4) is 0 Å². The molecule has 0 fully saturated rings. The van der Waals surface area contributed by atoms with Crippen molar-refractivity contribution in [1.82, 2.24) is 9.29 Å². The summed E-state index contributed by atoms with van der Waals surface area (Å²) in [5.74, 6) is -0.202. The molecule has 3 heterocycles. The predicted octanol–water partition coefficient (Wildman–Crippen LogP) is 3.51. The zero-order valence-electron chi connectivity index (χ0n) is 14.5. The lowest BCUT2D eigenvalue weighted by molar-refractivity contribution is 0.102. The van der Waals surface area contributed by atoms with Crippen molar-refractivity contribution in [2.45, 2.75) is 24.8 Å². The summed E-state index contributed by atoms with van der Waals surface area (Å²) >= 11 is 2.79. The number of nitrogens with zero attached hydrogens (tertiary/aromatic N) is 2. The lowest BCUT2D eigenvalue weighted by atomic mass is 10.2. The second-order valence-corrected chi connectivity index (χ2v) is 10.1. The average Bonchev–Trinajstić information content (AvgIpc) is 3.30. The molecule has 0 bridgehead atoms. The second-order valence-electron chi connectivity index (χ2n) is 6.26. The van der Waals surface area contributed by atoms with E-state index in [9.17, 15) is 13.2 Å². The zero-order chi connectivity index (χ0) is 19.0. The van der Waals surface area contributed by atoms with Crippen LogP contribution in [0.4, 0.5) is 5.13 Å². The van der Waals surface area contributed by atoms with Crippen LogP contribution in [-0.2, 0) is 23.0 Å². The van der Waals surface area contributed by atoms with E-state index in [1.165, 1.54) is 27.0 Å². The first-order chi connectivity index (χ1) is 12.9.